The molecule has 0 saturated heterocycles. The van der Waals surface area contributed by atoms with Gasteiger partial charge < -0.3 is 21.9 Å². The molecule has 0 bridgehead atoms. The van der Waals surface area contributed by atoms with Gasteiger partial charge in [-0.25, -0.2) is 4.57 Å². The number of amides is 1. The van der Waals surface area contributed by atoms with E-state index in [9.17, 15) is 4.79 Å². The number of fused-ring (bicyclic) bond motifs is 1. The number of pyridine rings is 1. The zero-order valence-corrected chi connectivity index (χ0v) is 14.9. The van der Waals surface area contributed by atoms with Crippen LogP contribution in [-0.2, 0) is 24.3 Å². The van der Waals surface area contributed by atoms with E-state index in [4.69, 9.17) is 0 Å². The van der Waals surface area contributed by atoms with Gasteiger partial charge in [-0.2, -0.15) is 0 Å². The van der Waals surface area contributed by atoms with Gasteiger partial charge in [-0.05, 0) is 24.0 Å². The Morgan fingerprint density at radius 1 is 1.00 bits per heavy atom. The highest BCUT2D eigenvalue weighted by Gasteiger charge is 2.19. The molecular formula is C19H23BrN2O. The first-order chi connectivity index (χ1) is 10.8. The standard InChI is InChI=1S/C19H23N2O.BrH/c22-19(10-4-7-14-20-12-5-1-6-13-20)21-15-11-17-8-2-3-9-18(17)16-21;/h1-3,5-6,8-9,12-13H,4,7,10-11,14-16H2;1H/q+1;/p-1. The molecule has 1 aliphatic rings. The molecule has 4 heteroatoms. The number of carbonyl (C=O) groups is 1. The minimum Gasteiger partial charge on any atom is -1.00 e. The SMILES string of the molecule is O=C(CCCC[n+]1ccccc1)N1CCc2ccccc2C1.[Br-]. The number of nitrogens with zero attached hydrogens (tertiary/aromatic N) is 2. The van der Waals surface area contributed by atoms with E-state index in [0.717, 1.165) is 38.9 Å². The first kappa shape index (κ1) is 17.7. The highest BCUT2D eigenvalue weighted by molar-refractivity contribution is 5.76. The van der Waals surface area contributed by atoms with Crippen molar-refractivity contribution < 1.29 is 26.3 Å². The lowest BCUT2D eigenvalue weighted by Crippen LogP contribution is -3.00. The van der Waals surface area contributed by atoms with Crippen molar-refractivity contribution in [3.8, 4) is 0 Å². The highest BCUT2D eigenvalue weighted by Crippen LogP contribution is 2.19. The minimum atomic E-state index is 0. The lowest BCUT2D eigenvalue weighted by Gasteiger charge is -2.28. The number of aromatic nitrogens is 1. The van der Waals surface area contributed by atoms with E-state index in [1.807, 2.05) is 23.1 Å². The molecule has 0 aliphatic carbocycles. The first-order valence-corrected chi connectivity index (χ1v) is 8.11. The Morgan fingerprint density at radius 2 is 1.74 bits per heavy atom. The number of hydrogen-bond acceptors (Lipinski definition) is 1. The summed E-state index contributed by atoms with van der Waals surface area (Å²) in [4.78, 5) is 14.4. The molecule has 1 aliphatic heterocycles. The van der Waals surface area contributed by atoms with E-state index in [0.29, 0.717) is 12.3 Å². The monoisotopic (exact) mass is 374 g/mol. The van der Waals surface area contributed by atoms with Gasteiger partial charge >= 0.3 is 0 Å². The number of hydrogen-bond donors (Lipinski definition) is 0. The summed E-state index contributed by atoms with van der Waals surface area (Å²) in [6, 6.07) is 14.6. The van der Waals surface area contributed by atoms with Crippen LogP contribution in [0.1, 0.15) is 30.4 Å². The largest absolute Gasteiger partial charge is 1.00 e. The van der Waals surface area contributed by atoms with Crippen molar-refractivity contribution in [1.29, 1.82) is 0 Å². The Bertz CT molecular complexity index is 630. The van der Waals surface area contributed by atoms with Crippen LogP contribution in [-0.4, -0.2) is 17.4 Å². The summed E-state index contributed by atoms with van der Waals surface area (Å²) in [5.41, 5.74) is 2.70. The molecule has 0 radical (unpaired) electrons. The van der Waals surface area contributed by atoms with Crippen molar-refractivity contribution in [2.75, 3.05) is 6.54 Å². The molecule has 0 fully saturated rings. The summed E-state index contributed by atoms with van der Waals surface area (Å²) in [5, 5.41) is 0. The quantitative estimate of drug-likeness (QED) is 0.522. The summed E-state index contributed by atoms with van der Waals surface area (Å²) in [5.74, 6) is 0.299. The molecule has 122 valence electrons. The first-order valence-electron chi connectivity index (χ1n) is 8.11. The summed E-state index contributed by atoms with van der Waals surface area (Å²) in [7, 11) is 0. The molecule has 3 nitrogen and oxygen atoms in total. The molecule has 0 atom stereocenters. The van der Waals surface area contributed by atoms with Crippen LogP contribution in [0.2, 0.25) is 0 Å². The van der Waals surface area contributed by atoms with Crippen molar-refractivity contribution in [2.24, 2.45) is 0 Å². The van der Waals surface area contributed by atoms with Crippen LogP contribution in [0.5, 0.6) is 0 Å². The maximum atomic E-state index is 12.3. The fraction of sp³-hybridized carbons (Fsp3) is 0.368. The lowest BCUT2D eigenvalue weighted by molar-refractivity contribution is -0.697. The second kappa shape index (κ2) is 8.82. The third-order valence-electron chi connectivity index (χ3n) is 4.32. The molecule has 1 amide bonds. The number of unbranched alkanes of at least 4 members (excludes halogenated alkanes) is 1. The Morgan fingerprint density at radius 3 is 2.52 bits per heavy atom. The van der Waals surface area contributed by atoms with E-state index in [-0.39, 0.29) is 17.0 Å². The van der Waals surface area contributed by atoms with Crippen LogP contribution in [0.4, 0.5) is 0 Å². The van der Waals surface area contributed by atoms with Crippen LogP contribution in [0, 0.1) is 0 Å². The third-order valence-corrected chi connectivity index (χ3v) is 4.32. The normalized spacial score (nSPS) is 13.1. The topological polar surface area (TPSA) is 24.2 Å². The average molecular weight is 375 g/mol. The molecule has 0 saturated carbocycles. The Kier molecular flexibility index (Phi) is 6.78. The zero-order chi connectivity index (χ0) is 15.2. The van der Waals surface area contributed by atoms with Gasteiger partial charge in [-0.15, -0.1) is 0 Å². The summed E-state index contributed by atoms with van der Waals surface area (Å²) in [6.07, 6.45) is 7.80. The molecule has 0 unspecified atom stereocenters. The van der Waals surface area contributed by atoms with Crippen molar-refractivity contribution >= 4 is 5.91 Å². The van der Waals surface area contributed by atoms with E-state index in [2.05, 4.69) is 41.2 Å². The van der Waals surface area contributed by atoms with Gasteiger partial charge in [0, 0.05) is 38.1 Å². The van der Waals surface area contributed by atoms with Gasteiger partial charge in [0.05, 0.1) is 0 Å². The average Bonchev–Trinajstić information content (AvgIpc) is 2.59. The van der Waals surface area contributed by atoms with Gasteiger partial charge in [-0.3, -0.25) is 4.79 Å². The van der Waals surface area contributed by atoms with Crippen molar-refractivity contribution in [1.82, 2.24) is 4.90 Å². The van der Waals surface area contributed by atoms with E-state index in [1.54, 1.807) is 0 Å². The number of benzene rings is 1. The fourth-order valence-corrected chi connectivity index (χ4v) is 3.02. The smallest absolute Gasteiger partial charge is 0.222 e. The third kappa shape index (κ3) is 4.90. The summed E-state index contributed by atoms with van der Waals surface area (Å²) in [6.45, 7) is 2.63. The van der Waals surface area contributed by atoms with E-state index in [1.165, 1.54) is 11.1 Å². The van der Waals surface area contributed by atoms with Gasteiger partial charge in [-0.1, -0.05) is 30.3 Å². The maximum absolute atomic E-state index is 12.3. The van der Waals surface area contributed by atoms with Crippen molar-refractivity contribution in [2.45, 2.75) is 38.8 Å². The van der Waals surface area contributed by atoms with Crippen LogP contribution in [0.3, 0.4) is 0 Å². The Hall–Kier alpha value is -1.68. The van der Waals surface area contributed by atoms with Crippen LogP contribution < -0.4 is 21.5 Å². The summed E-state index contributed by atoms with van der Waals surface area (Å²) < 4.78 is 2.17. The van der Waals surface area contributed by atoms with Gasteiger partial charge in [0.2, 0.25) is 5.91 Å². The number of halogens is 1. The van der Waals surface area contributed by atoms with E-state index >= 15 is 0 Å². The van der Waals surface area contributed by atoms with Crippen LogP contribution in [0.15, 0.2) is 54.9 Å². The molecule has 3 rings (SSSR count). The highest BCUT2D eigenvalue weighted by atomic mass is 79.9. The second-order valence-electron chi connectivity index (χ2n) is 5.90. The van der Waals surface area contributed by atoms with Gasteiger partial charge in [0.25, 0.3) is 0 Å². The molecule has 0 spiro atoms. The Balaban J connectivity index is 0.00000192. The molecular weight excluding hydrogens is 352 g/mol. The predicted octanol–water partition coefficient (Wildman–Crippen LogP) is -0.267. The minimum absolute atomic E-state index is 0. The maximum Gasteiger partial charge on any atom is 0.222 e. The number of rotatable bonds is 5. The molecule has 2 aromatic rings. The molecule has 23 heavy (non-hydrogen) atoms. The predicted molar refractivity (Wildman–Crippen MR) is 86.1 cm³/mol. The molecule has 2 heterocycles. The van der Waals surface area contributed by atoms with Crippen molar-refractivity contribution in [3.63, 3.8) is 0 Å². The van der Waals surface area contributed by atoms with Crippen LogP contribution in [0.25, 0.3) is 0 Å². The lowest BCUT2D eigenvalue weighted by atomic mass is 9.99. The molecule has 1 aromatic heterocycles. The summed E-state index contributed by atoms with van der Waals surface area (Å²) >= 11 is 0. The van der Waals surface area contributed by atoms with E-state index < -0.39 is 0 Å². The number of carbonyl (C=O) groups excluding carboxylic acids is 1. The van der Waals surface area contributed by atoms with Gasteiger partial charge in [0.1, 0.15) is 6.54 Å². The number of aryl methyl sites for hydroxylation is 1. The molecule has 1 aromatic carbocycles. The second-order valence-corrected chi connectivity index (χ2v) is 5.90. The zero-order valence-electron chi connectivity index (χ0n) is 13.3. The van der Waals surface area contributed by atoms with Crippen molar-refractivity contribution in [3.05, 3.63) is 66.0 Å². The van der Waals surface area contributed by atoms with Crippen LogP contribution >= 0.6 is 0 Å². The fourth-order valence-electron chi connectivity index (χ4n) is 3.02. The molecule has 0 N–H and O–H groups in total. The Labute approximate surface area is 148 Å². The van der Waals surface area contributed by atoms with Gasteiger partial charge in [0.15, 0.2) is 12.4 Å².